The van der Waals surface area contributed by atoms with Gasteiger partial charge in [-0.2, -0.15) is 0 Å². The molecule has 0 bridgehead atoms. The van der Waals surface area contributed by atoms with Gasteiger partial charge in [0.15, 0.2) is 11.6 Å². The van der Waals surface area contributed by atoms with Crippen molar-refractivity contribution in [3.8, 4) is 11.3 Å². The van der Waals surface area contributed by atoms with Crippen LogP contribution in [0.2, 0.25) is 0 Å². The number of fused-ring (bicyclic) bond motifs is 1. The molecule has 0 spiro atoms. The van der Waals surface area contributed by atoms with Crippen LogP contribution in [-0.2, 0) is 16.4 Å². The van der Waals surface area contributed by atoms with Crippen LogP contribution >= 0.6 is 0 Å². The maximum Gasteiger partial charge on any atom is 0.261 e. The zero-order valence-corrected chi connectivity index (χ0v) is 19.1. The third-order valence-electron chi connectivity index (χ3n) is 6.31. The van der Waals surface area contributed by atoms with Crippen LogP contribution in [0.15, 0.2) is 59.5 Å². The van der Waals surface area contributed by atoms with Gasteiger partial charge in [0.2, 0.25) is 0 Å². The van der Waals surface area contributed by atoms with Crippen LogP contribution in [0.25, 0.3) is 11.3 Å². The lowest BCUT2D eigenvalue weighted by Crippen LogP contribution is -2.30. The molecule has 7 nitrogen and oxygen atoms in total. The Hall–Kier alpha value is -3.26. The number of sulfonamides is 1. The number of ketones is 1. The second kappa shape index (κ2) is 8.94. The summed E-state index contributed by atoms with van der Waals surface area (Å²) in [6, 6.07) is 15.8. The van der Waals surface area contributed by atoms with Crippen molar-refractivity contribution in [1.82, 2.24) is 10.2 Å². The molecular formula is C25H26N4O3S. The molecule has 8 heteroatoms. The summed E-state index contributed by atoms with van der Waals surface area (Å²) in [5, 5.41) is 8.74. The Labute approximate surface area is 193 Å². The summed E-state index contributed by atoms with van der Waals surface area (Å²) in [5.41, 5.74) is 3.47. The normalized spacial score (nSPS) is 16.4. The van der Waals surface area contributed by atoms with Gasteiger partial charge in [-0.1, -0.05) is 18.2 Å². The molecular weight excluding hydrogens is 436 g/mol. The number of hydrogen-bond acceptors (Lipinski definition) is 6. The summed E-state index contributed by atoms with van der Waals surface area (Å²) in [6.07, 6.45) is 5.72. The number of nitrogens with one attached hydrogen (secondary N) is 1. The first-order valence-corrected chi connectivity index (χ1v) is 12.9. The molecule has 1 aliphatic heterocycles. The Morgan fingerprint density at radius 2 is 1.61 bits per heavy atom. The fourth-order valence-electron chi connectivity index (χ4n) is 4.47. The predicted molar refractivity (Wildman–Crippen MR) is 128 cm³/mol. The molecule has 1 saturated heterocycles. The monoisotopic (exact) mass is 462 g/mol. The smallest absolute Gasteiger partial charge is 0.261 e. The average molecular weight is 463 g/mol. The van der Waals surface area contributed by atoms with Crippen molar-refractivity contribution in [2.45, 2.75) is 43.4 Å². The first kappa shape index (κ1) is 21.6. The lowest BCUT2D eigenvalue weighted by Gasteiger charge is -2.27. The van der Waals surface area contributed by atoms with E-state index in [1.54, 1.807) is 24.3 Å². The second-order valence-corrected chi connectivity index (χ2v) is 10.3. The van der Waals surface area contributed by atoms with Gasteiger partial charge in [-0.05, 0) is 74.1 Å². The van der Waals surface area contributed by atoms with Crippen molar-refractivity contribution >= 4 is 27.3 Å². The van der Waals surface area contributed by atoms with Gasteiger partial charge in [-0.15, -0.1) is 10.2 Å². The van der Waals surface area contributed by atoms with Crippen LogP contribution in [0.5, 0.6) is 0 Å². The zero-order valence-electron chi connectivity index (χ0n) is 18.3. The van der Waals surface area contributed by atoms with Gasteiger partial charge in [0.25, 0.3) is 10.0 Å². The molecule has 1 aliphatic carbocycles. The van der Waals surface area contributed by atoms with Crippen molar-refractivity contribution in [2.24, 2.45) is 0 Å². The molecule has 5 rings (SSSR count). The highest BCUT2D eigenvalue weighted by Gasteiger charge is 2.22. The Morgan fingerprint density at radius 3 is 2.33 bits per heavy atom. The molecule has 0 radical (unpaired) electrons. The highest BCUT2D eigenvalue weighted by atomic mass is 32.2. The number of piperidine rings is 1. The van der Waals surface area contributed by atoms with E-state index in [2.05, 4.69) is 19.8 Å². The maximum absolute atomic E-state index is 12.9. The Morgan fingerprint density at radius 1 is 0.818 bits per heavy atom. The first-order valence-electron chi connectivity index (χ1n) is 11.4. The number of nitrogens with zero attached hydrogens (tertiary/aromatic N) is 3. The number of aromatic nitrogens is 2. The van der Waals surface area contributed by atoms with E-state index in [-0.39, 0.29) is 10.7 Å². The summed E-state index contributed by atoms with van der Waals surface area (Å²) in [6.45, 7) is 2.03. The third-order valence-corrected chi connectivity index (χ3v) is 7.68. The van der Waals surface area contributed by atoms with Gasteiger partial charge >= 0.3 is 0 Å². The fraction of sp³-hybridized carbons (Fsp3) is 0.320. The Balaban J connectivity index is 1.30. The van der Waals surface area contributed by atoms with E-state index in [1.165, 1.54) is 25.3 Å². The van der Waals surface area contributed by atoms with Gasteiger partial charge in [0.1, 0.15) is 0 Å². The summed E-state index contributed by atoms with van der Waals surface area (Å²) in [4.78, 5) is 14.5. The Kier molecular flexibility index (Phi) is 5.85. The molecule has 0 amide bonds. The minimum atomic E-state index is -3.80. The predicted octanol–water partition coefficient (Wildman–Crippen LogP) is 4.45. The maximum atomic E-state index is 12.9. The van der Waals surface area contributed by atoms with E-state index < -0.39 is 10.0 Å². The van der Waals surface area contributed by atoms with Gasteiger partial charge in [-0.3, -0.25) is 9.52 Å². The molecule has 2 heterocycles. The number of benzene rings is 2. The molecule has 1 aromatic heterocycles. The van der Waals surface area contributed by atoms with Gasteiger partial charge in [0.05, 0.1) is 10.6 Å². The summed E-state index contributed by atoms with van der Waals surface area (Å²) >= 11 is 0. The summed E-state index contributed by atoms with van der Waals surface area (Å²) < 4.78 is 28.4. The second-order valence-electron chi connectivity index (χ2n) is 8.60. The van der Waals surface area contributed by atoms with E-state index in [1.807, 2.05) is 24.3 Å². The highest BCUT2D eigenvalue weighted by Crippen LogP contribution is 2.27. The van der Waals surface area contributed by atoms with Crippen LogP contribution < -0.4 is 9.62 Å². The van der Waals surface area contributed by atoms with E-state index in [0.717, 1.165) is 48.6 Å². The van der Waals surface area contributed by atoms with Gasteiger partial charge < -0.3 is 4.90 Å². The minimum absolute atomic E-state index is 0.00469. The molecule has 2 aliphatic rings. The molecule has 1 fully saturated rings. The fourth-order valence-corrected chi connectivity index (χ4v) is 5.55. The topological polar surface area (TPSA) is 92.3 Å². The molecule has 0 atom stereocenters. The number of aryl methyl sites for hydroxylation is 1. The third kappa shape index (κ3) is 4.61. The number of hydrogen-bond donors (Lipinski definition) is 1. The van der Waals surface area contributed by atoms with Crippen molar-refractivity contribution in [3.05, 3.63) is 65.7 Å². The van der Waals surface area contributed by atoms with Crippen molar-refractivity contribution < 1.29 is 13.2 Å². The van der Waals surface area contributed by atoms with E-state index in [4.69, 9.17) is 0 Å². The van der Waals surface area contributed by atoms with Crippen LogP contribution in [-0.4, -0.2) is 37.5 Å². The quantitative estimate of drug-likeness (QED) is 0.602. The SMILES string of the molecule is O=C1CCCc2ccc(S(=O)(=O)Nc3ccc(-c4ccc(N5CCCCC5)nn4)cc3)cc21. The molecule has 3 aromatic rings. The first-order chi connectivity index (χ1) is 16.0. The van der Waals surface area contributed by atoms with Crippen LogP contribution in [0.3, 0.4) is 0 Å². The van der Waals surface area contributed by atoms with Crippen LogP contribution in [0.4, 0.5) is 11.5 Å². The van der Waals surface area contributed by atoms with Crippen molar-refractivity contribution in [1.29, 1.82) is 0 Å². The van der Waals surface area contributed by atoms with Gasteiger partial charge in [-0.25, -0.2) is 8.42 Å². The zero-order chi connectivity index (χ0) is 22.8. The number of anilines is 2. The summed E-state index contributed by atoms with van der Waals surface area (Å²) in [7, 11) is -3.80. The molecule has 0 saturated carbocycles. The molecule has 1 N–H and O–H groups in total. The van der Waals surface area contributed by atoms with E-state index in [0.29, 0.717) is 17.7 Å². The lowest BCUT2D eigenvalue weighted by atomic mass is 9.91. The number of carbonyl (C=O) groups is 1. The largest absolute Gasteiger partial charge is 0.355 e. The van der Waals surface area contributed by atoms with Crippen LogP contribution in [0, 0.1) is 0 Å². The van der Waals surface area contributed by atoms with Crippen molar-refractivity contribution in [2.75, 3.05) is 22.7 Å². The number of carbonyl (C=O) groups excluding carboxylic acids is 1. The van der Waals surface area contributed by atoms with Crippen LogP contribution in [0.1, 0.15) is 48.0 Å². The highest BCUT2D eigenvalue weighted by molar-refractivity contribution is 7.92. The minimum Gasteiger partial charge on any atom is -0.355 e. The molecule has 0 unspecified atom stereocenters. The molecule has 170 valence electrons. The van der Waals surface area contributed by atoms with Crippen molar-refractivity contribution in [3.63, 3.8) is 0 Å². The van der Waals surface area contributed by atoms with E-state index >= 15 is 0 Å². The summed E-state index contributed by atoms with van der Waals surface area (Å²) in [5.74, 6) is 0.899. The molecule has 33 heavy (non-hydrogen) atoms. The lowest BCUT2D eigenvalue weighted by molar-refractivity contribution is 0.0972. The molecule has 2 aromatic carbocycles. The van der Waals surface area contributed by atoms with Gasteiger partial charge in [0, 0.05) is 36.3 Å². The standard InChI is InChI=1S/C25H26N4O3S/c30-24-6-4-5-18-9-12-21(17-22(18)24)33(31,32)28-20-10-7-19(8-11-20)23-13-14-25(27-26-23)29-15-2-1-3-16-29/h7-14,17,28H,1-6,15-16H2. The average Bonchev–Trinajstić information content (AvgIpc) is 2.85. The number of Topliss-reactive ketones (excluding diaryl/α,β-unsaturated/α-hetero) is 1. The van der Waals surface area contributed by atoms with E-state index in [9.17, 15) is 13.2 Å². The number of rotatable bonds is 5. The Bertz CT molecular complexity index is 1270.